The quantitative estimate of drug-likeness (QED) is 0.596. The molecule has 6 heteroatoms. The summed E-state index contributed by atoms with van der Waals surface area (Å²) in [6, 6.07) is 0. The van der Waals surface area contributed by atoms with Crippen LogP contribution in [0.1, 0.15) is 33.5 Å². The Bertz CT molecular complexity index is 503. The first kappa shape index (κ1) is 18.4. The molecule has 1 heterocycles. The first-order chi connectivity index (χ1) is 10.3. The molecule has 1 aromatic heterocycles. The van der Waals surface area contributed by atoms with Gasteiger partial charge in [-0.15, -0.1) is 5.54 Å². The van der Waals surface area contributed by atoms with Gasteiger partial charge in [-0.3, -0.25) is 0 Å². The maximum Gasteiger partial charge on any atom is 0.231 e. The molecule has 0 radical (unpaired) electrons. The van der Waals surface area contributed by atoms with Gasteiger partial charge < -0.3 is 9.80 Å². The summed E-state index contributed by atoms with van der Waals surface area (Å²) in [6.45, 7) is 18.6. The molecule has 1 aromatic rings. The van der Waals surface area contributed by atoms with Gasteiger partial charge in [0.2, 0.25) is 17.7 Å². The van der Waals surface area contributed by atoms with E-state index in [1.165, 1.54) is 0 Å². The molecule has 0 amide bonds. The second-order valence-electron chi connectivity index (χ2n) is 6.10. The standard InChI is InChI=1S/C16H29N5Si/c1-8-20(9-2)15-17-14(12-13-22(5,6)7)18-16(19-15)21(10-3)11-4/h8-11H2,1-7H3. The minimum absolute atomic E-state index is 0.584. The van der Waals surface area contributed by atoms with Gasteiger partial charge >= 0.3 is 0 Å². The van der Waals surface area contributed by atoms with Crippen LogP contribution in [-0.4, -0.2) is 49.2 Å². The van der Waals surface area contributed by atoms with E-state index in [1.807, 2.05) is 0 Å². The van der Waals surface area contributed by atoms with Crippen LogP contribution in [0.5, 0.6) is 0 Å². The molecule has 0 aliphatic heterocycles. The van der Waals surface area contributed by atoms with Crippen LogP contribution < -0.4 is 9.80 Å². The average molecular weight is 320 g/mol. The fourth-order valence-corrected chi connectivity index (χ4v) is 2.44. The number of anilines is 2. The van der Waals surface area contributed by atoms with Crippen molar-refractivity contribution in [2.45, 2.75) is 47.3 Å². The summed E-state index contributed by atoms with van der Waals surface area (Å²) in [4.78, 5) is 18.0. The average Bonchev–Trinajstić information content (AvgIpc) is 2.47. The summed E-state index contributed by atoms with van der Waals surface area (Å²) in [5.41, 5.74) is 3.34. The minimum Gasteiger partial charge on any atom is -0.341 e. The van der Waals surface area contributed by atoms with Gasteiger partial charge in [-0.1, -0.05) is 19.6 Å². The minimum atomic E-state index is -1.45. The van der Waals surface area contributed by atoms with Crippen molar-refractivity contribution in [3.63, 3.8) is 0 Å². The molecule has 0 fully saturated rings. The normalized spacial score (nSPS) is 10.9. The van der Waals surface area contributed by atoms with Gasteiger partial charge in [0.25, 0.3) is 0 Å². The zero-order chi connectivity index (χ0) is 16.8. The highest BCUT2D eigenvalue weighted by Crippen LogP contribution is 2.14. The van der Waals surface area contributed by atoms with Crippen LogP contribution >= 0.6 is 0 Å². The summed E-state index contributed by atoms with van der Waals surface area (Å²) in [7, 11) is -1.45. The van der Waals surface area contributed by atoms with Crippen molar-refractivity contribution in [1.29, 1.82) is 0 Å². The third-order valence-electron chi connectivity index (χ3n) is 3.25. The highest BCUT2D eigenvalue weighted by molar-refractivity contribution is 6.83. The van der Waals surface area contributed by atoms with Gasteiger partial charge in [-0.05, 0) is 33.6 Å². The van der Waals surface area contributed by atoms with Gasteiger partial charge in [0.05, 0.1) is 0 Å². The fourth-order valence-electron chi connectivity index (χ4n) is 1.95. The van der Waals surface area contributed by atoms with Crippen LogP contribution in [0.25, 0.3) is 0 Å². The van der Waals surface area contributed by atoms with Crippen molar-refractivity contribution in [2.75, 3.05) is 36.0 Å². The van der Waals surface area contributed by atoms with Crippen LogP contribution in [0, 0.1) is 11.5 Å². The zero-order valence-electron chi connectivity index (χ0n) is 15.1. The molecule has 0 unspecified atom stereocenters. The molecule has 0 N–H and O–H groups in total. The third kappa shape index (κ3) is 5.30. The predicted molar refractivity (Wildman–Crippen MR) is 97.2 cm³/mol. The molecular weight excluding hydrogens is 290 g/mol. The maximum atomic E-state index is 4.64. The fraction of sp³-hybridized carbons (Fsp3) is 0.688. The van der Waals surface area contributed by atoms with E-state index in [-0.39, 0.29) is 0 Å². The third-order valence-corrected chi connectivity index (χ3v) is 4.13. The summed E-state index contributed by atoms with van der Waals surface area (Å²) in [5.74, 6) is 5.20. The van der Waals surface area contributed by atoms with Crippen LogP contribution in [0.4, 0.5) is 11.9 Å². The highest BCUT2D eigenvalue weighted by Gasteiger charge is 2.14. The van der Waals surface area contributed by atoms with Crippen LogP contribution in [0.3, 0.4) is 0 Å². The molecule has 122 valence electrons. The van der Waals surface area contributed by atoms with Gasteiger partial charge in [0, 0.05) is 26.2 Å². The Labute approximate surface area is 136 Å². The number of rotatable bonds is 6. The molecule has 0 aliphatic rings. The molecule has 0 spiro atoms. The Morgan fingerprint density at radius 1 is 0.773 bits per heavy atom. The second kappa shape index (κ2) is 8.13. The number of nitrogens with zero attached hydrogens (tertiary/aromatic N) is 5. The van der Waals surface area contributed by atoms with Crippen molar-refractivity contribution in [1.82, 2.24) is 15.0 Å². The summed E-state index contributed by atoms with van der Waals surface area (Å²) in [6.07, 6.45) is 0. The molecule has 0 saturated carbocycles. The molecule has 5 nitrogen and oxygen atoms in total. The van der Waals surface area contributed by atoms with Crippen molar-refractivity contribution >= 4 is 20.0 Å². The van der Waals surface area contributed by atoms with E-state index in [0.29, 0.717) is 5.82 Å². The van der Waals surface area contributed by atoms with Gasteiger partial charge in [-0.2, -0.15) is 15.0 Å². The van der Waals surface area contributed by atoms with Crippen molar-refractivity contribution in [2.24, 2.45) is 0 Å². The predicted octanol–water partition coefficient (Wildman–Crippen LogP) is 2.79. The Hall–Kier alpha value is -1.61. The largest absolute Gasteiger partial charge is 0.341 e. The second-order valence-corrected chi connectivity index (χ2v) is 10.9. The summed E-state index contributed by atoms with van der Waals surface area (Å²) in [5, 5.41) is 0. The van der Waals surface area contributed by atoms with Crippen LogP contribution in [0.2, 0.25) is 19.6 Å². The lowest BCUT2D eigenvalue weighted by Crippen LogP contribution is -2.29. The van der Waals surface area contributed by atoms with Crippen molar-refractivity contribution < 1.29 is 0 Å². The molecule has 0 bridgehead atoms. The molecule has 0 saturated heterocycles. The van der Waals surface area contributed by atoms with E-state index in [4.69, 9.17) is 0 Å². The van der Waals surface area contributed by atoms with Crippen LogP contribution in [-0.2, 0) is 0 Å². The molecule has 0 aromatic carbocycles. The van der Waals surface area contributed by atoms with Gasteiger partial charge in [-0.25, -0.2) is 0 Å². The smallest absolute Gasteiger partial charge is 0.231 e. The van der Waals surface area contributed by atoms with E-state index in [9.17, 15) is 0 Å². The Balaban J connectivity index is 3.33. The van der Waals surface area contributed by atoms with Crippen molar-refractivity contribution in [3.8, 4) is 11.5 Å². The topological polar surface area (TPSA) is 45.2 Å². The van der Waals surface area contributed by atoms with E-state index >= 15 is 0 Å². The van der Waals surface area contributed by atoms with Crippen molar-refractivity contribution in [3.05, 3.63) is 5.82 Å². The van der Waals surface area contributed by atoms with E-state index < -0.39 is 8.07 Å². The van der Waals surface area contributed by atoms with Crippen LogP contribution in [0.15, 0.2) is 0 Å². The zero-order valence-corrected chi connectivity index (χ0v) is 16.1. The SMILES string of the molecule is CCN(CC)c1nc(C#C[Si](C)(C)C)nc(N(CC)CC)n1. The molecule has 22 heavy (non-hydrogen) atoms. The van der Waals surface area contributed by atoms with E-state index in [2.05, 4.69) is 83.6 Å². The number of aromatic nitrogens is 3. The molecule has 1 rings (SSSR count). The highest BCUT2D eigenvalue weighted by atomic mass is 28.3. The van der Waals surface area contributed by atoms with Gasteiger partial charge in [0.1, 0.15) is 8.07 Å². The lowest BCUT2D eigenvalue weighted by atomic mass is 10.5. The Morgan fingerprint density at radius 3 is 1.50 bits per heavy atom. The molecule has 0 atom stereocenters. The van der Waals surface area contributed by atoms with Gasteiger partial charge in [0.15, 0.2) is 0 Å². The maximum absolute atomic E-state index is 4.64. The van der Waals surface area contributed by atoms with E-state index in [0.717, 1.165) is 38.1 Å². The number of hydrogen-bond acceptors (Lipinski definition) is 5. The Kier molecular flexibility index (Phi) is 6.82. The monoisotopic (exact) mass is 319 g/mol. The first-order valence-electron chi connectivity index (χ1n) is 8.13. The first-order valence-corrected chi connectivity index (χ1v) is 11.6. The van der Waals surface area contributed by atoms with E-state index in [1.54, 1.807) is 0 Å². The number of hydrogen-bond donors (Lipinski definition) is 0. The lowest BCUT2D eigenvalue weighted by molar-refractivity contribution is 0.773. The summed E-state index contributed by atoms with van der Waals surface area (Å²) < 4.78 is 0. The molecule has 0 aliphatic carbocycles. The lowest BCUT2D eigenvalue weighted by Gasteiger charge is -2.22. The summed E-state index contributed by atoms with van der Waals surface area (Å²) >= 11 is 0. The Morgan fingerprint density at radius 2 is 1.18 bits per heavy atom. The molecular formula is C16H29N5Si.